The quantitative estimate of drug-likeness (QED) is 0.597. The zero-order valence-electron chi connectivity index (χ0n) is 9.16. The Hall–Kier alpha value is -2.36. The van der Waals surface area contributed by atoms with Gasteiger partial charge in [0.2, 0.25) is 0 Å². The van der Waals surface area contributed by atoms with Crippen LogP contribution in [0.4, 0.5) is 0 Å². The zero-order chi connectivity index (χ0) is 13.3. The highest BCUT2D eigenvalue weighted by Crippen LogP contribution is 2.24. The molecular weight excluding hydrogens is 236 g/mol. The number of fused-ring (bicyclic) bond motifs is 1. The maximum absolute atomic E-state index is 11.0. The molecule has 2 unspecified atom stereocenters. The minimum atomic E-state index is -1.55. The van der Waals surface area contributed by atoms with Crippen LogP contribution in [0.25, 0.3) is 10.9 Å². The fourth-order valence-corrected chi connectivity index (χ4v) is 1.75. The molecule has 0 aliphatic heterocycles. The van der Waals surface area contributed by atoms with Gasteiger partial charge in [0.15, 0.2) is 6.10 Å². The molecule has 4 N–H and O–H groups in total. The van der Waals surface area contributed by atoms with Crippen molar-refractivity contribution in [1.29, 1.82) is 5.26 Å². The van der Waals surface area contributed by atoms with Gasteiger partial charge in [-0.3, -0.25) is 0 Å². The van der Waals surface area contributed by atoms with Gasteiger partial charge in [-0.05, 0) is 17.7 Å². The Labute approximate surface area is 102 Å². The number of aromatic carboxylic acids is 1. The van der Waals surface area contributed by atoms with E-state index in [9.17, 15) is 15.0 Å². The Kier molecular flexibility index (Phi) is 3.02. The number of H-pyrrole nitrogens is 1. The van der Waals surface area contributed by atoms with Crippen LogP contribution in [0.1, 0.15) is 22.0 Å². The van der Waals surface area contributed by atoms with Crippen LogP contribution in [-0.4, -0.2) is 32.4 Å². The normalized spacial score (nSPS) is 14.1. The number of aromatic nitrogens is 1. The third-order valence-electron chi connectivity index (χ3n) is 2.71. The van der Waals surface area contributed by atoms with Crippen LogP contribution < -0.4 is 0 Å². The van der Waals surface area contributed by atoms with Crippen LogP contribution in [0.5, 0.6) is 0 Å². The van der Waals surface area contributed by atoms with Crippen molar-refractivity contribution < 1.29 is 20.1 Å². The van der Waals surface area contributed by atoms with E-state index in [0.717, 1.165) is 0 Å². The van der Waals surface area contributed by atoms with Gasteiger partial charge in [0.1, 0.15) is 6.10 Å². The van der Waals surface area contributed by atoms with E-state index in [1.807, 2.05) is 0 Å². The zero-order valence-corrected chi connectivity index (χ0v) is 9.16. The Morgan fingerprint density at radius 3 is 2.72 bits per heavy atom. The van der Waals surface area contributed by atoms with Crippen molar-refractivity contribution in [1.82, 2.24) is 4.98 Å². The van der Waals surface area contributed by atoms with E-state index >= 15 is 0 Å². The number of aliphatic hydroxyl groups excluding tert-OH is 2. The molecule has 92 valence electrons. The summed E-state index contributed by atoms with van der Waals surface area (Å²) in [5.74, 6) is -1.09. The Balaban J connectivity index is 2.52. The Bertz CT molecular complexity index is 641. The lowest BCUT2D eigenvalue weighted by molar-refractivity contribution is 0.0529. The van der Waals surface area contributed by atoms with Crippen molar-refractivity contribution in [2.45, 2.75) is 12.2 Å². The summed E-state index contributed by atoms with van der Waals surface area (Å²) in [7, 11) is 0. The fraction of sp³-hybridized carbons (Fsp3) is 0.167. The highest BCUT2D eigenvalue weighted by molar-refractivity contribution is 6.03. The first-order chi connectivity index (χ1) is 8.54. The molecule has 0 saturated heterocycles. The first kappa shape index (κ1) is 12.1. The second-order valence-corrected chi connectivity index (χ2v) is 3.83. The molecule has 6 heteroatoms. The molecule has 1 heterocycles. The Morgan fingerprint density at radius 1 is 1.39 bits per heavy atom. The van der Waals surface area contributed by atoms with Crippen LogP contribution in [0.15, 0.2) is 24.4 Å². The minimum absolute atomic E-state index is 0.0745. The summed E-state index contributed by atoms with van der Waals surface area (Å²) in [6, 6.07) is 6.08. The van der Waals surface area contributed by atoms with Crippen molar-refractivity contribution in [3.8, 4) is 6.07 Å². The molecule has 18 heavy (non-hydrogen) atoms. The number of carbonyl (C=O) groups is 1. The SMILES string of the molecule is N#CC(O)C(O)c1ccc2[nH]cc(C(=O)O)c2c1. The number of aromatic amines is 1. The van der Waals surface area contributed by atoms with E-state index in [-0.39, 0.29) is 5.56 Å². The van der Waals surface area contributed by atoms with Crippen LogP contribution >= 0.6 is 0 Å². The van der Waals surface area contributed by atoms with Gasteiger partial charge >= 0.3 is 5.97 Å². The fourth-order valence-electron chi connectivity index (χ4n) is 1.75. The number of benzene rings is 1. The number of nitrogens with zero attached hydrogens (tertiary/aromatic N) is 1. The lowest BCUT2D eigenvalue weighted by atomic mass is 10.0. The van der Waals surface area contributed by atoms with Gasteiger partial charge in [-0.25, -0.2) is 4.79 Å². The van der Waals surface area contributed by atoms with E-state index < -0.39 is 18.2 Å². The summed E-state index contributed by atoms with van der Waals surface area (Å²) in [4.78, 5) is 13.8. The van der Waals surface area contributed by atoms with Gasteiger partial charge in [-0.1, -0.05) is 6.07 Å². The summed E-state index contributed by atoms with van der Waals surface area (Å²) in [6.07, 6.45) is -1.56. The standard InChI is InChI=1S/C12H10N2O4/c13-4-10(15)11(16)6-1-2-9-7(3-6)8(5-14-9)12(17)18/h1-3,5,10-11,14-16H,(H,17,18). The number of hydrogen-bond acceptors (Lipinski definition) is 4. The third kappa shape index (κ3) is 1.93. The van der Waals surface area contributed by atoms with E-state index in [2.05, 4.69) is 4.98 Å². The van der Waals surface area contributed by atoms with Crippen LogP contribution in [0.3, 0.4) is 0 Å². The molecule has 0 saturated carbocycles. The van der Waals surface area contributed by atoms with E-state index in [4.69, 9.17) is 10.4 Å². The van der Waals surface area contributed by atoms with E-state index in [1.165, 1.54) is 24.4 Å². The Morgan fingerprint density at radius 2 is 2.11 bits per heavy atom. The van der Waals surface area contributed by atoms with Crippen LogP contribution in [-0.2, 0) is 0 Å². The molecular formula is C12H10N2O4. The summed E-state index contributed by atoms with van der Waals surface area (Å²) in [5, 5.41) is 36.8. The van der Waals surface area contributed by atoms with Crippen LogP contribution in [0, 0.1) is 11.3 Å². The van der Waals surface area contributed by atoms with Crippen molar-refractivity contribution in [3.63, 3.8) is 0 Å². The predicted octanol–water partition coefficient (Wildman–Crippen LogP) is 0.784. The van der Waals surface area contributed by atoms with Crippen molar-refractivity contribution >= 4 is 16.9 Å². The van der Waals surface area contributed by atoms with E-state index in [0.29, 0.717) is 16.5 Å². The summed E-state index contributed by atoms with van der Waals surface area (Å²) >= 11 is 0. The molecule has 1 aromatic carbocycles. The first-order valence-corrected chi connectivity index (χ1v) is 5.14. The molecule has 0 amide bonds. The second-order valence-electron chi connectivity index (χ2n) is 3.83. The lowest BCUT2D eigenvalue weighted by Crippen LogP contribution is -2.15. The van der Waals surface area contributed by atoms with Crippen LogP contribution in [0.2, 0.25) is 0 Å². The lowest BCUT2D eigenvalue weighted by Gasteiger charge is -2.11. The number of carboxylic acid groups (broad SMARTS) is 1. The molecule has 2 atom stereocenters. The average molecular weight is 246 g/mol. The molecule has 0 bridgehead atoms. The largest absolute Gasteiger partial charge is 0.478 e. The molecule has 0 spiro atoms. The highest BCUT2D eigenvalue weighted by Gasteiger charge is 2.19. The molecule has 2 rings (SSSR count). The van der Waals surface area contributed by atoms with Gasteiger partial charge in [0, 0.05) is 17.1 Å². The first-order valence-electron chi connectivity index (χ1n) is 5.14. The molecule has 0 radical (unpaired) electrons. The number of rotatable bonds is 3. The molecule has 6 nitrogen and oxygen atoms in total. The number of carboxylic acids is 1. The second kappa shape index (κ2) is 4.49. The van der Waals surface area contributed by atoms with Crippen molar-refractivity contribution in [3.05, 3.63) is 35.5 Å². The topological polar surface area (TPSA) is 117 Å². The average Bonchev–Trinajstić information content (AvgIpc) is 2.79. The minimum Gasteiger partial charge on any atom is -0.478 e. The maximum atomic E-state index is 11.0. The van der Waals surface area contributed by atoms with Crippen molar-refractivity contribution in [2.75, 3.05) is 0 Å². The number of aliphatic hydroxyl groups is 2. The number of nitriles is 1. The molecule has 0 aliphatic carbocycles. The molecule has 2 aromatic rings. The van der Waals surface area contributed by atoms with Gasteiger partial charge in [0.05, 0.1) is 11.6 Å². The predicted molar refractivity (Wildman–Crippen MR) is 61.8 cm³/mol. The highest BCUT2D eigenvalue weighted by atomic mass is 16.4. The van der Waals surface area contributed by atoms with Gasteiger partial charge in [-0.15, -0.1) is 0 Å². The monoisotopic (exact) mass is 246 g/mol. The summed E-state index contributed by atoms with van der Waals surface area (Å²) in [6.45, 7) is 0. The number of nitrogens with one attached hydrogen (secondary N) is 1. The van der Waals surface area contributed by atoms with Crippen molar-refractivity contribution in [2.24, 2.45) is 0 Å². The smallest absolute Gasteiger partial charge is 0.337 e. The number of hydrogen-bond donors (Lipinski definition) is 4. The van der Waals surface area contributed by atoms with Gasteiger partial charge < -0.3 is 20.3 Å². The molecule has 1 aromatic heterocycles. The molecule has 0 fully saturated rings. The summed E-state index contributed by atoms with van der Waals surface area (Å²) in [5.41, 5.74) is 0.971. The maximum Gasteiger partial charge on any atom is 0.337 e. The van der Waals surface area contributed by atoms with E-state index in [1.54, 1.807) is 6.07 Å². The summed E-state index contributed by atoms with van der Waals surface area (Å²) < 4.78 is 0. The molecule has 0 aliphatic rings. The van der Waals surface area contributed by atoms with Gasteiger partial charge in [-0.2, -0.15) is 5.26 Å². The third-order valence-corrected chi connectivity index (χ3v) is 2.71. The van der Waals surface area contributed by atoms with Gasteiger partial charge in [0.25, 0.3) is 0 Å².